The number of hydrogen-bond acceptors (Lipinski definition) is 3. The summed E-state index contributed by atoms with van der Waals surface area (Å²) in [6.45, 7) is 0. The fraction of sp³-hybridized carbons (Fsp3) is 0. The number of halogens is 3. The van der Waals surface area contributed by atoms with Crippen LogP contribution in [0.1, 0.15) is 0 Å². The molecule has 0 fully saturated rings. The van der Waals surface area contributed by atoms with E-state index in [9.17, 15) is 13.0 Å². The highest BCUT2D eigenvalue weighted by atomic mass is 35.5. The van der Waals surface area contributed by atoms with Crippen LogP contribution in [0.15, 0.2) is 17.0 Å². The van der Waals surface area contributed by atoms with Gasteiger partial charge in [-0.25, -0.2) is 8.42 Å². The smallest absolute Gasteiger partial charge is 0.125 e. The van der Waals surface area contributed by atoms with Crippen LogP contribution in [0.25, 0.3) is 0 Å². The number of quaternary nitrogens is 1. The summed E-state index contributed by atoms with van der Waals surface area (Å²) in [5.74, 6) is 0. The Balaban J connectivity index is 0.00000169. The number of rotatable bonds is 1. The molecule has 0 spiro atoms. The number of benzene rings is 1. The monoisotopic (exact) mass is 277 g/mol. The van der Waals surface area contributed by atoms with Crippen LogP contribution < -0.4 is 6.15 Å². The Labute approximate surface area is 96.1 Å². The minimum Gasteiger partial charge on any atom is -0.744 e. The highest BCUT2D eigenvalue weighted by Crippen LogP contribution is 2.31. The molecule has 0 heterocycles. The van der Waals surface area contributed by atoms with Gasteiger partial charge in [0.25, 0.3) is 0 Å². The van der Waals surface area contributed by atoms with Crippen molar-refractivity contribution >= 4 is 44.9 Å². The Hall–Kier alpha value is -0.0400. The summed E-state index contributed by atoms with van der Waals surface area (Å²) in [5.41, 5.74) is 0. The molecular weight excluding hydrogens is 272 g/mol. The van der Waals surface area contributed by atoms with E-state index in [1.807, 2.05) is 0 Å². The summed E-state index contributed by atoms with van der Waals surface area (Å²) in [6, 6.07) is 2.03. The predicted molar refractivity (Wildman–Crippen MR) is 55.4 cm³/mol. The lowest BCUT2D eigenvalue weighted by atomic mass is 10.4. The minimum absolute atomic E-state index is 0. The second kappa shape index (κ2) is 4.65. The standard InChI is InChI=1S/C6H3Cl3O3S.H3N/c7-3-1-5(9)6(2-4(3)8)13(10,11)12;/h1-2H,(H,10,11,12);1H3. The van der Waals surface area contributed by atoms with Gasteiger partial charge in [0.05, 0.1) is 20.0 Å². The summed E-state index contributed by atoms with van der Waals surface area (Å²) < 4.78 is 31.7. The normalized spacial score (nSPS) is 10.9. The molecular formula is C6H6Cl3NO3S. The van der Waals surface area contributed by atoms with Gasteiger partial charge in [0.2, 0.25) is 0 Å². The predicted octanol–water partition coefficient (Wildman–Crippen LogP) is 2.93. The molecule has 0 aliphatic carbocycles. The van der Waals surface area contributed by atoms with Gasteiger partial charge in [-0.2, -0.15) is 0 Å². The molecule has 1 aromatic rings. The van der Waals surface area contributed by atoms with Crippen molar-refractivity contribution in [1.82, 2.24) is 6.15 Å². The lowest BCUT2D eigenvalue weighted by Crippen LogP contribution is -1.99. The maximum Gasteiger partial charge on any atom is 0.125 e. The van der Waals surface area contributed by atoms with Gasteiger partial charge in [-0.1, -0.05) is 34.8 Å². The molecule has 0 saturated heterocycles. The van der Waals surface area contributed by atoms with Crippen LogP contribution in [-0.4, -0.2) is 13.0 Å². The molecule has 80 valence electrons. The quantitative estimate of drug-likeness (QED) is 0.632. The molecule has 14 heavy (non-hydrogen) atoms. The summed E-state index contributed by atoms with van der Waals surface area (Å²) in [4.78, 5) is -0.566. The van der Waals surface area contributed by atoms with Crippen LogP contribution in [0.2, 0.25) is 15.1 Å². The second-order valence-corrected chi connectivity index (χ2v) is 4.72. The maximum atomic E-state index is 10.6. The SMILES string of the molecule is O=S(=O)([O-])c1cc(Cl)c(Cl)cc1Cl.[NH4+]. The van der Waals surface area contributed by atoms with Gasteiger partial charge < -0.3 is 10.7 Å². The maximum absolute atomic E-state index is 10.6. The first-order valence-corrected chi connectivity index (χ1v) is 5.47. The molecule has 0 amide bonds. The lowest BCUT2D eigenvalue weighted by Gasteiger charge is -2.09. The van der Waals surface area contributed by atoms with E-state index < -0.39 is 15.0 Å². The molecule has 0 aliphatic rings. The van der Waals surface area contributed by atoms with Crippen molar-refractivity contribution in [2.24, 2.45) is 0 Å². The Kier molecular flexibility index (Phi) is 4.64. The van der Waals surface area contributed by atoms with Crippen molar-refractivity contribution in [3.8, 4) is 0 Å². The molecule has 8 heteroatoms. The molecule has 4 nitrogen and oxygen atoms in total. The third-order valence-electron chi connectivity index (χ3n) is 1.24. The van der Waals surface area contributed by atoms with Crippen molar-refractivity contribution < 1.29 is 13.0 Å². The first-order valence-electron chi connectivity index (χ1n) is 2.93. The summed E-state index contributed by atoms with van der Waals surface area (Å²) >= 11 is 16.5. The molecule has 0 radical (unpaired) electrons. The molecule has 0 bridgehead atoms. The van der Waals surface area contributed by atoms with E-state index in [0.29, 0.717) is 0 Å². The Morgan fingerprint density at radius 3 is 1.86 bits per heavy atom. The largest absolute Gasteiger partial charge is 0.744 e. The van der Waals surface area contributed by atoms with E-state index in [0.717, 1.165) is 12.1 Å². The van der Waals surface area contributed by atoms with Crippen molar-refractivity contribution in [1.29, 1.82) is 0 Å². The summed E-state index contributed by atoms with van der Waals surface area (Å²) in [5, 5.41) is -0.163. The van der Waals surface area contributed by atoms with Gasteiger partial charge in [-0.3, -0.25) is 0 Å². The second-order valence-electron chi connectivity index (χ2n) is 2.15. The fourth-order valence-electron chi connectivity index (χ4n) is 0.696. The summed E-state index contributed by atoms with van der Waals surface area (Å²) in [6.07, 6.45) is 0. The van der Waals surface area contributed by atoms with E-state index in [4.69, 9.17) is 34.8 Å². The third kappa shape index (κ3) is 2.98. The molecule has 0 unspecified atom stereocenters. The van der Waals surface area contributed by atoms with Crippen LogP contribution >= 0.6 is 34.8 Å². The highest BCUT2D eigenvalue weighted by molar-refractivity contribution is 7.85. The van der Waals surface area contributed by atoms with E-state index in [-0.39, 0.29) is 21.2 Å². The van der Waals surface area contributed by atoms with Gasteiger partial charge in [-0.05, 0) is 12.1 Å². The molecule has 4 N–H and O–H groups in total. The highest BCUT2D eigenvalue weighted by Gasteiger charge is 2.10. The molecule has 0 saturated carbocycles. The summed E-state index contributed by atoms with van der Waals surface area (Å²) in [7, 11) is -4.60. The van der Waals surface area contributed by atoms with E-state index >= 15 is 0 Å². The molecule has 0 atom stereocenters. The minimum atomic E-state index is -4.60. The Bertz CT molecular complexity index is 446. The van der Waals surface area contributed by atoms with Gasteiger partial charge in [0.1, 0.15) is 10.1 Å². The average Bonchev–Trinajstić information content (AvgIpc) is 1.94. The zero-order valence-electron chi connectivity index (χ0n) is 6.92. The van der Waals surface area contributed by atoms with Crippen LogP contribution in [0.5, 0.6) is 0 Å². The average molecular weight is 279 g/mol. The van der Waals surface area contributed by atoms with Crippen molar-refractivity contribution in [3.05, 3.63) is 27.2 Å². The Morgan fingerprint density at radius 2 is 1.43 bits per heavy atom. The molecule has 1 aromatic carbocycles. The number of hydrogen-bond donors (Lipinski definition) is 1. The molecule has 1 rings (SSSR count). The van der Waals surface area contributed by atoms with E-state index in [1.165, 1.54) is 0 Å². The van der Waals surface area contributed by atoms with Crippen LogP contribution in [-0.2, 0) is 10.1 Å². The van der Waals surface area contributed by atoms with Crippen molar-refractivity contribution in [2.45, 2.75) is 4.90 Å². The third-order valence-corrected chi connectivity index (χ3v) is 3.27. The van der Waals surface area contributed by atoms with E-state index in [1.54, 1.807) is 0 Å². The Morgan fingerprint density at radius 1 is 1.00 bits per heavy atom. The van der Waals surface area contributed by atoms with Crippen LogP contribution in [0.4, 0.5) is 0 Å². The fourth-order valence-corrected chi connectivity index (χ4v) is 2.15. The topological polar surface area (TPSA) is 93.7 Å². The first-order chi connectivity index (χ1) is 5.82. The van der Waals surface area contributed by atoms with Crippen LogP contribution in [0.3, 0.4) is 0 Å². The molecule has 0 aromatic heterocycles. The molecule has 0 aliphatic heterocycles. The van der Waals surface area contributed by atoms with Gasteiger partial charge in [-0.15, -0.1) is 0 Å². The van der Waals surface area contributed by atoms with E-state index in [2.05, 4.69) is 0 Å². The van der Waals surface area contributed by atoms with Gasteiger partial charge in [0.15, 0.2) is 0 Å². The zero-order valence-corrected chi connectivity index (χ0v) is 10.0. The van der Waals surface area contributed by atoms with Crippen molar-refractivity contribution in [2.75, 3.05) is 0 Å². The van der Waals surface area contributed by atoms with Gasteiger partial charge >= 0.3 is 0 Å². The van der Waals surface area contributed by atoms with Gasteiger partial charge in [0, 0.05) is 0 Å². The van der Waals surface area contributed by atoms with Crippen molar-refractivity contribution in [3.63, 3.8) is 0 Å². The zero-order chi connectivity index (χ0) is 10.2. The lowest BCUT2D eigenvalue weighted by molar-refractivity contribution is 0.463. The first kappa shape index (κ1) is 14.0. The van der Waals surface area contributed by atoms with Crippen LogP contribution in [0, 0.1) is 0 Å².